The molecule has 39 heavy (non-hydrogen) atoms. The highest BCUT2D eigenvalue weighted by Crippen LogP contribution is 2.33. The van der Waals surface area contributed by atoms with Crippen molar-refractivity contribution in [1.82, 2.24) is 19.9 Å². The lowest BCUT2D eigenvalue weighted by Crippen LogP contribution is -1.93. The molecule has 0 spiro atoms. The minimum atomic E-state index is 0.955. The van der Waals surface area contributed by atoms with Crippen LogP contribution in [0, 0.1) is 0 Å². The Morgan fingerprint density at radius 3 is 1.90 bits per heavy atom. The van der Waals surface area contributed by atoms with E-state index in [1.165, 1.54) is 11.1 Å². The number of nitrogens with zero attached hydrogens (tertiary/aromatic N) is 2. The molecule has 2 N–H and O–H groups in total. The lowest BCUT2D eigenvalue weighted by Gasteiger charge is -2.05. The minimum absolute atomic E-state index is 0.955. The molecule has 0 saturated carbocycles. The summed E-state index contributed by atoms with van der Waals surface area (Å²) >= 11 is 3.81. The van der Waals surface area contributed by atoms with Crippen LogP contribution >= 0.6 is 15.9 Å². The van der Waals surface area contributed by atoms with Gasteiger partial charge in [-0.15, -0.1) is 0 Å². The zero-order chi connectivity index (χ0) is 26.8. The number of unbranched alkanes of at least 4 members (excludes halogenated alkanes) is 2. The molecule has 0 fully saturated rings. The number of H-pyrrole nitrogens is 2. The van der Waals surface area contributed by atoms with E-state index in [4.69, 9.17) is 9.97 Å². The Hall–Kier alpha value is -3.70. The van der Waals surface area contributed by atoms with Crippen molar-refractivity contribution < 1.29 is 0 Å². The third kappa shape index (κ3) is 5.16. The van der Waals surface area contributed by atoms with E-state index in [0.29, 0.717) is 0 Å². The second-order valence-corrected chi connectivity index (χ2v) is 11.1. The van der Waals surface area contributed by atoms with Crippen LogP contribution in [0.15, 0.2) is 59.1 Å². The lowest BCUT2D eigenvalue weighted by atomic mass is 10.0. The number of halogens is 1. The van der Waals surface area contributed by atoms with Gasteiger partial charge in [-0.2, -0.15) is 0 Å². The Bertz CT molecular complexity index is 1740. The highest BCUT2D eigenvalue weighted by Gasteiger charge is 2.17. The van der Waals surface area contributed by atoms with Gasteiger partial charge in [0.15, 0.2) is 0 Å². The molecule has 3 aromatic heterocycles. The average molecular weight is 578 g/mol. The van der Waals surface area contributed by atoms with Gasteiger partial charge < -0.3 is 9.97 Å². The number of hydrogen-bond donors (Lipinski definition) is 2. The summed E-state index contributed by atoms with van der Waals surface area (Å²) in [6.07, 6.45) is 15.0. The van der Waals surface area contributed by atoms with E-state index in [0.717, 1.165) is 99.0 Å². The highest BCUT2D eigenvalue weighted by molar-refractivity contribution is 9.10. The Kier molecular flexibility index (Phi) is 7.34. The topological polar surface area (TPSA) is 57.4 Å². The molecule has 6 rings (SSSR count). The van der Waals surface area contributed by atoms with Crippen LogP contribution in [0.1, 0.15) is 73.4 Å². The van der Waals surface area contributed by atoms with Gasteiger partial charge in [0, 0.05) is 37.7 Å². The Morgan fingerprint density at radius 2 is 1.26 bits per heavy atom. The molecule has 196 valence electrons. The van der Waals surface area contributed by atoms with Crippen LogP contribution in [0.3, 0.4) is 0 Å². The average Bonchev–Trinajstić information content (AvgIpc) is 3.76. The fourth-order valence-electron chi connectivity index (χ4n) is 5.42. The van der Waals surface area contributed by atoms with Crippen LogP contribution < -0.4 is 0 Å². The standard InChI is InChI=1S/C34H33BrN4/c1-3-5-12-24-27-15-14-23(36-27)20-33-26(35)21-32(39-33)25(13-6-4-2)29-17-19-31(38-29)34(22-10-8-7-9-11-22)30-18-16-28(24)37-30/h7-11,14-21,36,39H,3-6,12-13H2,1-2H3. The number of aromatic nitrogens is 4. The number of fused-ring (bicyclic) bond motifs is 8. The molecule has 8 bridgehead atoms. The normalized spacial score (nSPS) is 12.4. The SMILES string of the molecule is CCCCc1c2nc(c(-c3ccccc3)c3nc(c(CCCC)c4cc(Br)c(cc5ccc1[nH]5)[nH]4)C=C3)C=C2. The van der Waals surface area contributed by atoms with Crippen molar-refractivity contribution in [2.45, 2.75) is 52.4 Å². The summed E-state index contributed by atoms with van der Waals surface area (Å²) < 4.78 is 1.05. The summed E-state index contributed by atoms with van der Waals surface area (Å²) in [4.78, 5) is 17.8. The molecule has 2 aliphatic rings. The zero-order valence-electron chi connectivity index (χ0n) is 22.5. The van der Waals surface area contributed by atoms with Gasteiger partial charge in [0.25, 0.3) is 0 Å². The third-order valence-corrected chi connectivity index (χ3v) is 8.15. The molecule has 4 nitrogen and oxygen atoms in total. The number of aryl methyl sites for hydroxylation is 2. The van der Waals surface area contributed by atoms with Crippen LogP contribution in [0.2, 0.25) is 0 Å². The van der Waals surface area contributed by atoms with Gasteiger partial charge in [0.1, 0.15) is 0 Å². The van der Waals surface area contributed by atoms with Crippen molar-refractivity contribution in [1.29, 1.82) is 0 Å². The van der Waals surface area contributed by atoms with Crippen molar-refractivity contribution >= 4 is 62.3 Å². The molecular weight excluding hydrogens is 544 g/mol. The Labute approximate surface area is 238 Å². The monoisotopic (exact) mass is 576 g/mol. The second-order valence-electron chi connectivity index (χ2n) is 10.3. The molecule has 0 unspecified atom stereocenters. The summed E-state index contributed by atoms with van der Waals surface area (Å²) in [5.74, 6) is 0. The van der Waals surface area contributed by atoms with E-state index in [-0.39, 0.29) is 0 Å². The van der Waals surface area contributed by atoms with E-state index in [1.807, 2.05) is 0 Å². The molecule has 0 atom stereocenters. The predicted octanol–water partition coefficient (Wildman–Crippen LogP) is 9.77. The Morgan fingerprint density at radius 1 is 0.641 bits per heavy atom. The van der Waals surface area contributed by atoms with Gasteiger partial charge in [-0.05, 0) is 95.7 Å². The molecule has 4 aromatic rings. The van der Waals surface area contributed by atoms with Gasteiger partial charge in [0.2, 0.25) is 0 Å². The first kappa shape index (κ1) is 25.6. The largest absolute Gasteiger partial charge is 0.355 e. The maximum absolute atomic E-state index is 5.24. The molecule has 5 heterocycles. The molecule has 1 aromatic carbocycles. The van der Waals surface area contributed by atoms with Crippen molar-refractivity contribution in [3.63, 3.8) is 0 Å². The zero-order valence-corrected chi connectivity index (χ0v) is 24.1. The van der Waals surface area contributed by atoms with Crippen LogP contribution in [0.5, 0.6) is 0 Å². The number of rotatable bonds is 7. The first-order valence-electron chi connectivity index (χ1n) is 14.0. The van der Waals surface area contributed by atoms with Gasteiger partial charge in [-0.3, -0.25) is 0 Å². The van der Waals surface area contributed by atoms with E-state index in [9.17, 15) is 0 Å². The van der Waals surface area contributed by atoms with E-state index in [1.54, 1.807) is 0 Å². The lowest BCUT2D eigenvalue weighted by molar-refractivity contribution is 0.794. The highest BCUT2D eigenvalue weighted by atomic mass is 79.9. The van der Waals surface area contributed by atoms with Crippen LogP contribution in [-0.2, 0) is 12.8 Å². The Balaban J connectivity index is 1.75. The fourth-order valence-corrected chi connectivity index (χ4v) is 5.86. The summed E-state index contributed by atoms with van der Waals surface area (Å²) in [7, 11) is 0. The molecule has 0 amide bonds. The minimum Gasteiger partial charge on any atom is -0.355 e. The predicted molar refractivity (Wildman–Crippen MR) is 169 cm³/mol. The number of nitrogens with one attached hydrogen (secondary N) is 2. The number of hydrogen-bond acceptors (Lipinski definition) is 2. The molecule has 0 aliphatic carbocycles. The molecular formula is C34H33BrN4. The van der Waals surface area contributed by atoms with Gasteiger partial charge in [-0.1, -0.05) is 57.0 Å². The van der Waals surface area contributed by atoms with Gasteiger partial charge >= 0.3 is 0 Å². The van der Waals surface area contributed by atoms with Gasteiger partial charge in [0.05, 0.1) is 28.3 Å². The third-order valence-electron chi connectivity index (χ3n) is 7.49. The maximum Gasteiger partial charge on any atom is 0.0737 e. The summed E-state index contributed by atoms with van der Waals surface area (Å²) in [5.41, 5.74) is 13.0. The van der Waals surface area contributed by atoms with Crippen molar-refractivity contribution in [3.8, 4) is 11.1 Å². The van der Waals surface area contributed by atoms with Gasteiger partial charge in [-0.25, -0.2) is 9.97 Å². The molecule has 2 aliphatic heterocycles. The van der Waals surface area contributed by atoms with E-state index >= 15 is 0 Å². The smallest absolute Gasteiger partial charge is 0.0737 e. The molecule has 0 saturated heterocycles. The van der Waals surface area contributed by atoms with Crippen molar-refractivity contribution in [3.05, 3.63) is 93.0 Å². The second kappa shape index (κ2) is 11.2. The summed E-state index contributed by atoms with van der Waals surface area (Å²) in [6.45, 7) is 4.47. The van der Waals surface area contributed by atoms with E-state index in [2.05, 4.69) is 119 Å². The van der Waals surface area contributed by atoms with Crippen LogP contribution in [0.25, 0.3) is 57.5 Å². The van der Waals surface area contributed by atoms with Crippen LogP contribution in [-0.4, -0.2) is 19.9 Å². The number of benzene rings is 1. The first-order chi connectivity index (χ1) is 19.1. The first-order valence-corrected chi connectivity index (χ1v) is 14.8. The van der Waals surface area contributed by atoms with Crippen molar-refractivity contribution in [2.75, 3.05) is 0 Å². The fraction of sp³-hybridized carbons (Fsp3) is 0.235. The van der Waals surface area contributed by atoms with E-state index < -0.39 is 0 Å². The quantitative estimate of drug-likeness (QED) is 0.198. The molecule has 0 radical (unpaired) electrons. The number of aromatic amines is 2. The summed E-state index contributed by atoms with van der Waals surface area (Å²) in [5, 5.41) is 0. The maximum atomic E-state index is 5.24. The summed E-state index contributed by atoms with van der Waals surface area (Å²) in [6, 6.07) is 19.2. The van der Waals surface area contributed by atoms with Crippen molar-refractivity contribution in [2.24, 2.45) is 0 Å². The van der Waals surface area contributed by atoms with Crippen LogP contribution in [0.4, 0.5) is 0 Å². The molecule has 5 heteroatoms.